The molecule has 6 rings (SSSR count). The monoisotopic (exact) mass is 274 g/mol. The van der Waals surface area contributed by atoms with Gasteiger partial charge in [0.1, 0.15) is 0 Å². The first-order valence-electron chi connectivity index (χ1n) is 9.29. The Balaban J connectivity index is 1.35. The van der Waals surface area contributed by atoms with E-state index in [-0.39, 0.29) is 0 Å². The van der Waals surface area contributed by atoms with Crippen molar-refractivity contribution in [2.45, 2.75) is 75.9 Å². The molecule has 0 saturated heterocycles. The Kier molecular flexibility index (Phi) is 2.78. The summed E-state index contributed by atoms with van der Waals surface area (Å²) in [6.07, 6.45) is 13.3. The highest BCUT2D eigenvalue weighted by molar-refractivity contribution is 5.06. The Morgan fingerprint density at radius 3 is 1.90 bits per heavy atom. The maximum atomic E-state index is 6.90. The molecule has 2 unspecified atom stereocenters. The van der Waals surface area contributed by atoms with Crippen molar-refractivity contribution in [1.29, 1.82) is 0 Å². The van der Waals surface area contributed by atoms with Gasteiger partial charge in [-0.15, -0.1) is 0 Å². The van der Waals surface area contributed by atoms with Crippen LogP contribution in [0.1, 0.15) is 57.8 Å². The van der Waals surface area contributed by atoms with Gasteiger partial charge in [0.25, 0.3) is 0 Å². The molecule has 0 aromatic heterocycles. The predicted molar refractivity (Wildman–Crippen MR) is 81.2 cm³/mol. The molecule has 0 aromatic carbocycles. The van der Waals surface area contributed by atoms with Crippen LogP contribution >= 0.6 is 0 Å². The molecule has 4 bridgehead atoms. The molecule has 2 atom stereocenters. The van der Waals surface area contributed by atoms with Gasteiger partial charge in [-0.25, -0.2) is 0 Å². The van der Waals surface area contributed by atoms with Crippen LogP contribution in [-0.4, -0.2) is 18.1 Å². The van der Waals surface area contributed by atoms with Crippen LogP contribution in [0.25, 0.3) is 0 Å². The van der Waals surface area contributed by atoms with Crippen molar-refractivity contribution in [3.63, 3.8) is 0 Å². The van der Waals surface area contributed by atoms with E-state index in [4.69, 9.17) is 5.73 Å². The van der Waals surface area contributed by atoms with Crippen molar-refractivity contribution in [3.05, 3.63) is 0 Å². The smallest absolute Gasteiger partial charge is 0.0252 e. The first-order chi connectivity index (χ1) is 9.78. The molecule has 0 heterocycles. The Bertz CT molecular complexity index is 357. The molecule has 0 radical (unpaired) electrons. The normalized spacial score (nSPS) is 49.4. The van der Waals surface area contributed by atoms with Crippen molar-refractivity contribution in [2.24, 2.45) is 41.2 Å². The summed E-state index contributed by atoms with van der Waals surface area (Å²) in [5, 5.41) is 3.94. The lowest BCUT2D eigenvalue weighted by atomic mass is 9.50. The second-order valence-electron chi connectivity index (χ2n) is 8.89. The minimum Gasteiger partial charge on any atom is -0.326 e. The molecule has 6 saturated carbocycles. The third-order valence-corrected chi connectivity index (χ3v) is 7.29. The highest BCUT2D eigenvalue weighted by Crippen LogP contribution is 2.58. The van der Waals surface area contributed by atoms with Crippen LogP contribution < -0.4 is 11.1 Å². The second-order valence-corrected chi connectivity index (χ2v) is 8.89. The van der Waals surface area contributed by atoms with Gasteiger partial charge in [0.05, 0.1) is 0 Å². The largest absolute Gasteiger partial charge is 0.326 e. The molecule has 20 heavy (non-hydrogen) atoms. The summed E-state index contributed by atoms with van der Waals surface area (Å²) in [4.78, 5) is 0. The Hall–Kier alpha value is -0.0800. The first kappa shape index (κ1) is 12.5. The molecule has 0 amide bonds. The number of nitrogens with two attached hydrogens (primary N) is 1. The van der Waals surface area contributed by atoms with Gasteiger partial charge in [-0.1, -0.05) is 0 Å². The van der Waals surface area contributed by atoms with Crippen LogP contribution in [-0.2, 0) is 0 Å². The number of hydrogen-bond donors (Lipinski definition) is 2. The molecule has 3 N–H and O–H groups in total. The number of nitrogens with one attached hydrogen (secondary N) is 1. The fourth-order valence-corrected chi connectivity index (χ4v) is 6.37. The SMILES string of the molecule is NC(C(NC1CC1)C1CC1)C1C2CC3CC(C2)CC1C3. The molecule has 6 fully saturated rings. The quantitative estimate of drug-likeness (QED) is 0.809. The third kappa shape index (κ3) is 2.06. The van der Waals surface area contributed by atoms with Crippen molar-refractivity contribution >= 4 is 0 Å². The van der Waals surface area contributed by atoms with Gasteiger partial charge in [-0.2, -0.15) is 0 Å². The van der Waals surface area contributed by atoms with Crippen LogP contribution in [0.5, 0.6) is 0 Å². The van der Waals surface area contributed by atoms with E-state index in [1.54, 1.807) is 6.42 Å². The van der Waals surface area contributed by atoms with Gasteiger partial charge in [0, 0.05) is 18.1 Å². The summed E-state index contributed by atoms with van der Waals surface area (Å²) < 4.78 is 0. The summed E-state index contributed by atoms with van der Waals surface area (Å²) >= 11 is 0. The van der Waals surface area contributed by atoms with Gasteiger partial charge in [0.2, 0.25) is 0 Å². The molecule has 2 heteroatoms. The molecule has 0 aromatic rings. The average Bonchev–Trinajstić information content (AvgIpc) is 3.28. The van der Waals surface area contributed by atoms with Crippen LogP contribution in [0.15, 0.2) is 0 Å². The molecule has 6 aliphatic rings. The molecule has 112 valence electrons. The van der Waals surface area contributed by atoms with Crippen molar-refractivity contribution in [3.8, 4) is 0 Å². The molecular formula is C18H30N2. The fraction of sp³-hybridized carbons (Fsp3) is 1.00. The van der Waals surface area contributed by atoms with E-state index < -0.39 is 0 Å². The zero-order chi connectivity index (χ0) is 13.3. The van der Waals surface area contributed by atoms with E-state index in [2.05, 4.69) is 5.32 Å². The summed E-state index contributed by atoms with van der Waals surface area (Å²) in [5.41, 5.74) is 6.90. The van der Waals surface area contributed by atoms with E-state index in [1.807, 2.05) is 0 Å². The van der Waals surface area contributed by atoms with Gasteiger partial charge in [-0.3, -0.25) is 0 Å². The molecule has 6 aliphatic carbocycles. The van der Waals surface area contributed by atoms with Gasteiger partial charge < -0.3 is 11.1 Å². The lowest BCUT2D eigenvalue weighted by molar-refractivity contribution is -0.0523. The number of rotatable bonds is 5. The van der Waals surface area contributed by atoms with Gasteiger partial charge >= 0.3 is 0 Å². The fourth-order valence-electron chi connectivity index (χ4n) is 6.37. The summed E-state index contributed by atoms with van der Waals surface area (Å²) in [6.45, 7) is 0. The average molecular weight is 274 g/mol. The Morgan fingerprint density at radius 2 is 1.40 bits per heavy atom. The highest BCUT2D eigenvalue weighted by atomic mass is 15.0. The number of hydrogen-bond acceptors (Lipinski definition) is 2. The van der Waals surface area contributed by atoms with Crippen LogP contribution in [0, 0.1) is 35.5 Å². The Labute approximate surface area is 123 Å². The van der Waals surface area contributed by atoms with Crippen LogP contribution in [0.2, 0.25) is 0 Å². The lowest BCUT2D eigenvalue weighted by Gasteiger charge is -2.57. The topological polar surface area (TPSA) is 38.0 Å². The molecule has 2 nitrogen and oxygen atoms in total. The minimum atomic E-state index is 0.457. The van der Waals surface area contributed by atoms with E-state index >= 15 is 0 Å². The summed E-state index contributed by atoms with van der Waals surface area (Å²) in [5.74, 6) is 5.92. The third-order valence-electron chi connectivity index (χ3n) is 7.29. The lowest BCUT2D eigenvalue weighted by Crippen LogP contribution is -2.59. The first-order valence-corrected chi connectivity index (χ1v) is 9.29. The maximum Gasteiger partial charge on any atom is 0.0252 e. The Morgan fingerprint density at radius 1 is 0.800 bits per heavy atom. The predicted octanol–water partition coefficient (Wildman–Crippen LogP) is 2.92. The van der Waals surface area contributed by atoms with Gasteiger partial charge in [-0.05, 0) is 93.3 Å². The van der Waals surface area contributed by atoms with E-state index in [9.17, 15) is 0 Å². The minimum absolute atomic E-state index is 0.457. The maximum absolute atomic E-state index is 6.90. The molecular weight excluding hydrogens is 244 g/mol. The standard InChI is InChI=1S/C18H30N2/c19-17(18(12-1-2-12)20-15-3-4-15)16-13-6-10-5-11(8-13)9-14(16)7-10/h10-18,20H,1-9,19H2. The summed E-state index contributed by atoms with van der Waals surface area (Å²) in [7, 11) is 0. The van der Waals surface area contributed by atoms with Gasteiger partial charge in [0.15, 0.2) is 0 Å². The zero-order valence-corrected chi connectivity index (χ0v) is 12.6. The van der Waals surface area contributed by atoms with Crippen LogP contribution in [0.4, 0.5) is 0 Å². The molecule has 0 aliphatic heterocycles. The van der Waals surface area contributed by atoms with Crippen molar-refractivity contribution in [2.75, 3.05) is 0 Å². The second kappa shape index (κ2) is 4.46. The molecule has 0 spiro atoms. The summed E-state index contributed by atoms with van der Waals surface area (Å²) in [6, 6.07) is 1.94. The van der Waals surface area contributed by atoms with Crippen molar-refractivity contribution < 1.29 is 0 Å². The highest BCUT2D eigenvalue weighted by Gasteiger charge is 2.52. The van der Waals surface area contributed by atoms with Crippen LogP contribution in [0.3, 0.4) is 0 Å². The van der Waals surface area contributed by atoms with Crippen molar-refractivity contribution in [1.82, 2.24) is 5.32 Å². The van der Waals surface area contributed by atoms with E-state index in [1.165, 1.54) is 51.4 Å². The van der Waals surface area contributed by atoms with E-state index in [0.717, 1.165) is 41.5 Å². The van der Waals surface area contributed by atoms with E-state index in [0.29, 0.717) is 12.1 Å². The zero-order valence-electron chi connectivity index (χ0n) is 12.6.